The highest BCUT2D eigenvalue weighted by atomic mass is 16.5. The zero-order valence-corrected chi connectivity index (χ0v) is 16.6. The number of benzene rings is 2. The van der Waals surface area contributed by atoms with Crippen molar-refractivity contribution in [3.63, 3.8) is 0 Å². The molecule has 0 unspecified atom stereocenters. The van der Waals surface area contributed by atoms with Crippen LogP contribution in [0.2, 0.25) is 0 Å². The lowest BCUT2D eigenvalue weighted by molar-refractivity contribution is 0.116. The first-order valence-electron chi connectivity index (χ1n) is 10.2. The Kier molecular flexibility index (Phi) is 6.14. The maximum absolute atomic E-state index is 5.50. The van der Waals surface area contributed by atoms with E-state index in [1.54, 1.807) is 0 Å². The number of hydrogen-bond donors (Lipinski definition) is 0. The standard InChI is InChI=1S/C23H28N4O/c1-19-8-5-6-12-21(19)23-24-22(28-25-23)18-27-16-14-26(15-17-27)13-7-11-20-9-3-2-4-10-20/h2-6,8-10,12H,7,11,13-18H2,1H3. The fraction of sp³-hybridized carbons (Fsp3) is 0.391. The fourth-order valence-corrected chi connectivity index (χ4v) is 3.77. The van der Waals surface area contributed by atoms with Gasteiger partial charge in [0.15, 0.2) is 0 Å². The summed E-state index contributed by atoms with van der Waals surface area (Å²) < 4.78 is 5.50. The molecule has 0 amide bonds. The van der Waals surface area contributed by atoms with Gasteiger partial charge in [0.1, 0.15) is 0 Å². The average molecular weight is 377 g/mol. The van der Waals surface area contributed by atoms with Crippen molar-refractivity contribution >= 4 is 0 Å². The minimum absolute atomic E-state index is 0.688. The van der Waals surface area contributed by atoms with Gasteiger partial charge in [-0.15, -0.1) is 0 Å². The average Bonchev–Trinajstić information content (AvgIpc) is 3.19. The SMILES string of the molecule is Cc1ccccc1-c1noc(CN2CCN(CCCc3ccccc3)CC2)n1. The van der Waals surface area contributed by atoms with Crippen LogP contribution in [0.1, 0.15) is 23.4 Å². The lowest BCUT2D eigenvalue weighted by atomic mass is 10.1. The van der Waals surface area contributed by atoms with E-state index in [4.69, 9.17) is 4.52 Å². The predicted octanol–water partition coefficient (Wildman–Crippen LogP) is 3.80. The minimum atomic E-state index is 0.688. The van der Waals surface area contributed by atoms with E-state index in [-0.39, 0.29) is 0 Å². The number of rotatable bonds is 7. The molecular weight excluding hydrogens is 348 g/mol. The van der Waals surface area contributed by atoms with Crippen LogP contribution in [0.15, 0.2) is 59.1 Å². The second-order valence-corrected chi connectivity index (χ2v) is 7.53. The summed E-state index contributed by atoms with van der Waals surface area (Å²) in [6, 6.07) is 18.9. The largest absolute Gasteiger partial charge is 0.338 e. The monoisotopic (exact) mass is 376 g/mol. The molecule has 0 N–H and O–H groups in total. The summed E-state index contributed by atoms with van der Waals surface area (Å²) >= 11 is 0. The number of aryl methyl sites for hydroxylation is 2. The second-order valence-electron chi connectivity index (χ2n) is 7.53. The molecule has 1 aromatic heterocycles. The third-order valence-corrected chi connectivity index (χ3v) is 5.46. The van der Waals surface area contributed by atoms with E-state index in [0.717, 1.165) is 44.7 Å². The number of hydrogen-bond acceptors (Lipinski definition) is 5. The Morgan fingerprint density at radius 2 is 1.61 bits per heavy atom. The third-order valence-electron chi connectivity index (χ3n) is 5.46. The van der Waals surface area contributed by atoms with E-state index in [2.05, 4.69) is 63.3 Å². The molecule has 1 aliphatic rings. The molecule has 2 heterocycles. The van der Waals surface area contributed by atoms with Gasteiger partial charge < -0.3 is 9.42 Å². The number of aromatic nitrogens is 2. The summed E-state index contributed by atoms with van der Waals surface area (Å²) in [5.74, 6) is 1.39. The maximum atomic E-state index is 5.50. The van der Waals surface area contributed by atoms with Crippen molar-refractivity contribution in [3.8, 4) is 11.4 Å². The highest BCUT2D eigenvalue weighted by Gasteiger charge is 2.19. The van der Waals surface area contributed by atoms with Crippen LogP contribution >= 0.6 is 0 Å². The molecule has 3 aromatic rings. The highest BCUT2D eigenvalue weighted by Crippen LogP contribution is 2.20. The van der Waals surface area contributed by atoms with Gasteiger partial charge in [0, 0.05) is 31.7 Å². The van der Waals surface area contributed by atoms with E-state index in [1.807, 2.05) is 18.2 Å². The van der Waals surface area contributed by atoms with Gasteiger partial charge in [0.25, 0.3) is 0 Å². The first kappa shape index (κ1) is 18.8. The number of nitrogens with zero attached hydrogens (tertiary/aromatic N) is 4. The Morgan fingerprint density at radius 1 is 0.893 bits per heavy atom. The van der Waals surface area contributed by atoms with E-state index in [0.29, 0.717) is 11.7 Å². The van der Waals surface area contributed by atoms with Crippen LogP contribution in [0.3, 0.4) is 0 Å². The quantitative estimate of drug-likeness (QED) is 0.628. The minimum Gasteiger partial charge on any atom is -0.338 e. The summed E-state index contributed by atoms with van der Waals surface area (Å²) in [6.07, 6.45) is 2.37. The maximum Gasteiger partial charge on any atom is 0.241 e. The Hall–Kier alpha value is -2.50. The van der Waals surface area contributed by atoms with E-state index < -0.39 is 0 Å². The summed E-state index contributed by atoms with van der Waals surface area (Å²) in [5.41, 5.74) is 3.64. The van der Waals surface area contributed by atoms with Crippen molar-refractivity contribution in [3.05, 3.63) is 71.6 Å². The zero-order chi connectivity index (χ0) is 19.2. The van der Waals surface area contributed by atoms with Crippen molar-refractivity contribution in [1.82, 2.24) is 19.9 Å². The van der Waals surface area contributed by atoms with Crippen molar-refractivity contribution in [2.24, 2.45) is 0 Å². The van der Waals surface area contributed by atoms with Crippen LogP contribution in [0, 0.1) is 6.92 Å². The molecule has 2 aromatic carbocycles. The van der Waals surface area contributed by atoms with Gasteiger partial charge in [-0.3, -0.25) is 4.90 Å². The third kappa shape index (κ3) is 4.86. The van der Waals surface area contributed by atoms with Crippen molar-refractivity contribution in [2.45, 2.75) is 26.3 Å². The van der Waals surface area contributed by atoms with Gasteiger partial charge >= 0.3 is 0 Å². The second kappa shape index (κ2) is 9.13. The van der Waals surface area contributed by atoms with Crippen molar-refractivity contribution in [2.75, 3.05) is 32.7 Å². The van der Waals surface area contributed by atoms with Gasteiger partial charge in [0.2, 0.25) is 11.7 Å². The molecule has 1 aliphatic heterocycles. The molecule has 4 rings (SSSR count). The fourth-order valence-electron chi connectivity index (χ4n) is 3.77. The molecule has 0 bridgehead atoms. The Balaban J connectivity index is 1.22. The molecule has 0 saturated carbocycles. The molecule has 5 heteroatoms. The number of piperazine rings is 1. The van der Waals surface area contributed by atoms with Crippen molar-refractivity contribution < 1.29 is 4.52 Å². The highest BCUT2D eigenvalue weighted by molar-refractivity contribution is 5.58. The molecule has 5 nitrogen and oxygen atoms in total. The van der Waals surface area contributed by atoms with Crippen LogP contribution < -0.4 is 0 Å². The first-order chi connectivity index (χ1) is 13.8. The van der Waals surface area contributed by atoms with Crippen LogP contribution in [-0.4, -0.2) is 52.7 Å². The molecule has 146 valence electrons. The van der Waals surface area contributed by atoms with E-state index in [1.165, 1.54) is 24.1 Å². The van der Waals surface area contributed by atoms with Crippen LogP contribution in [0.25, 0.3) is 11.4 Å². The molecule has 0 spiro atoms. The zero-order valence-electron chi connectivity index (χ0n) is 16.6. The Labute approximate surface area is 167 Å². The van der Waals surface area contributed by atoms with Crippen LogP contribution in [0.4, 0.5) is 0 Å². The molecule has 0 radical (unpaired) electrons. The molecule has 28 heavy (non-hydrogen) atoms. The summed E-state index contributed by atoms with van der Waals surface area (Å²) in [6.45, 7) is 8.28. The van der Waals surface area contributed by atoms with E-state index >= 15 is 0 Å². The summed E-state index contributed by atoms with van der Waals surface area (Å²) in [7, 11) is 0. The molecular formula is C23H28N4O. The van der Waals surface area contributed by atoms with Gasteiger partial charge in [-0.1, -0.05) is 59.8 Å². The van der Waals surface area contributed by atoms with E-state index in [9.17, 15) is 0 Å². The molecule has 0 aliphatic carbocycles. The first-order valence-corrected chi connectivity index (χ1v) is 10.2. The lowest BCUT2D eigenvalue weighted by Gasteiger charge is -2.33. The Bertz CT molecular complexity index is 869. The topological polar surface area (TPSA) is 45.4 Å². The lowest BCUT2D eigenvalue weighted by Crippen LogP contribution is -2.46. The Morgan fingerprint density at radius 3 is 2.39 bits per heavy atom. The molecule has 1 saturated heterocycles. The van der Waals surface area contributed by atoms with Crippen LogP contribution in [-0.2, 0) is 13.0 Å². The molecule has 0 atom stereocenters. The smallest absolute Gasteiger partial charge is 0.241 e. The summed E-state index contributed by atoms with van der Waals surface area (Å²) in [4.78, 5) is 9.57. The summed E-state index contributed by atoms with van der Waals surface area (Å²) in [5, 5.41) is 4.17. The van der Waals surface area contributed by atoms with Gasteiger partial charge in [-0.05, 0) is 37.4 Å². The predicted molar refractivity (Wildman–Crippen MR) is 111 cm³/mol. The van der Waals surface area contributed by atoms with Crippen LogP contribution in [0.5, 0.6) is 0 Å². The normalized spacial score (nSPS) is 15.8. The van der Waals surface area contributed by atoms with Gasteiger partial charge in [-0.2, -0.15) is 4.98 Å². The van der Waals surface area contributed by atoms with Gasteiger partial charge in [-0.25, -0.2) is 0 Å². The van der Waals surface area contributed by atoms with Gasteiger partial charge in [0.05, 0.1) is 6.54 Å². The van der Waals surface area contributed by atoms with Crippen molar-refractivity contribution in [1.29, 1.82) is 0 Å². The molecule has 1 fully saturated rings.